The van der Waals surface area contributed by atoms with Crippen LogP contribution in [0.4, 0.5) is 0 Å². The molecule has 17 heavy (non-hydrogen) atoms. The fraction of sp³-hybridized carbons (Fsp3) is 0.583. The van der Waals surface area contributed by atoms with Crippen LogP contribution in [-0.4, -0.2) is 30.6 Å². The Morgan fingerprint density at radius 3 is 2.82 bits per heavy atom. The molecule has 1 heterocycles. The van der Waals surface area contributed by atoms with Crippen LogP contribution in [0.1, 0.15) is 25.8 Å². The van der Waals surface area contributed by atoms with Crippen molar-refractivity contribution >= 4 is 33.2 Å². The molecule has 0 amide bonds. The number of carbonyl (C=O) groups excluding carboxylic acids is 1. The van der Waals surface area contributed by atoms with Crippen molar-refractivity contribution in [1.82, 2.24) is 4.90 Å². The molecule has 0 aromatic carbocycles. The quantitative estimate of drug-likeness (QED) is 0.722. The van der Waals surface area contributed by atoms with E-state index in [4.69, 9.17) is 4.74 Å². The number of halogens is 1. The summed E-state index contributed by atoms with van der Waals surface area (Å²) < 4.78 is 6.10. The van der Waals surface area contributed by atoms with Crippen LogP contribution in [0.5, 0.6) is 0 Å². The van der Waals surface area contributed by atoms with Gasteiger partial charge >= 0.3 is 5.97 Å². The smallest absolute Gasteiger partial charge is 0.320 e. The molecular weight excluding hydrogens is 302 g/mol. The number of hydrogen-bond acceptors (Lipinski definition) is 4. The summed E-state index contributed by atoms with van der Waals surface area (Å²) in [7, 11) is 0. The van der Waals surface area contributed by atoms with Crippen LogP contribution in [0.3, 0.4) is 0 Å². The van der Waals surface area contributed by atoms with Gasteiger partial charge in [-0.2, -0.15) is 0 Å². The number of nitrogens with zero attached hydrogens (tertiary/aromatic N) is 1. The number of esters is 1. The molecule has 0 saturated carbocycles. The van der Waals surface area contributed by atoms with Crippen molar-refractivity contribution in [2.24, 2.45) is 0 Å². The number of thiophene rings is 1. The predicted molar refractivity (Wildman–Crippen MR) is 74.2 cm³/mol. The zero-order valence-electron chi connectivity index (χ0n) is 10.2. The summed E-state index contributed by atoms with van der Waals surface area (Å²) >= 11 is 5.11. The van der Waals surface area contributed by atoms with Gasteiger partial charge in [0, 0.05) is 6.54 Å². The van der Waals surface area contributed by atoms with Gasteiger partial charge in [-0.25, -0.2) is 0 Å². The molecule has 0 N–H and O–H groups in total. The van der Waals surface area contributed by atoms with Crippen molar-refractivity contribution in [2.45, 2.75) is 26.8 Å². The van der Waals surface area contributed by atoms with Crippen molar-refractivity contribution in [3.8, 4) is 0 Å². The molecule has 3 nitrogen and oxygen atoms in total. The maximum absolute atomic E-state index is 11.5. The van der Waals surface area contributed by atoms with E-state index in [0.717, 1.165) is 23.3 Å². The second-order valence-electron chi connectivity index (χ2n) is 3.77. The first-order chi connectivity index (χ1) is 8.15. The molecule has 0 saturated heterocycles. The van der Waals surface area contributed by atoms with E-state index in [9.17, 15) is 4.79 Å². The van der Waals surface area contributed by atoms with Gasteiger partial charge in [0.25, 0.3) is 0 Å². The Morgan fingerprint density at radius 2 is 2.29 bits per heavy atom. The molecule has 0 aliphatic heterocycles. The first kappa shape index (κ1) is 14.7. The highest BCUT2D eigenvalue weighted by Crippen LogP contribution is 2.21. The largest absolute Gasteiger partial charge is 0.465 e. The maximum Gasteiger partial charge on any atom is 0.320 e. The Labute approximate surface area is 115 Å². The molecule has 5 heteroatoms. The highest BCUT2D eigenvalue weighted by Gasteiger charge is 2.11. The van der Waals surface area contributed by atoms with Crippen LogP contribution < -0.4 is 0 Å². The van der Waals surface area contributed by atoms with E-state index >= 15 is 0 Å². The molecule has 96 valence electrons. The number of rotatable bonds is 7. The maximum atomic E-state index is 11.5. The summed E-state index contributed by atoms with van der Waals surface area (Å²) in [6, 6.07) is 2.10. The van der Waals surface area contributed by atoms with Crippen LogP contribution in [0, 0.1) is 0 Å². The van der Waals surface area contributed by atoms with Crippen LogP contribution in [-0.2, 0) is 16.1 Å². The lowest BCUT2D eigenvalue weighted by Crippen LogP contribution is -2.31. The Bertz CT molecular complexity index is 354. The molecule has 0 bridgehead atoms. The fourth-order valence-electron chi connectivity index (χ4n) is 1.61. The third kappa shape index (κ3) is 5.66. The Hall–Kier alpha value is -0.390. The first-order valence-electron chi connectivity index (χ1n) is 5.76. The molecule has 0 unspecified atom stereocenters. The zero-order valence-corrected chi connectivity index (χ0v) is 12.6. The summed E-state index contributed by atoms with van der Waals surface area (Å²) in [5.74, 6) is -0.143. The zero-order chi connectivity index (χ0) is 12.7. The Balaban J connectivity index is 2.50. The van der Waals surface area contributed by atoms with Gasteiger partial charge in [0.2, 0.25) is 0 Å². The minimum atomic E-state index is -0.143. The summed E-state index contributed by atoms with van der Waals surface area (Å²) in [5.41, 5.74) is 1.24. The third-order valence-corrected chi connectivity index (χ3v) is 3.78. The molecule has 0 radical (unpaired) electrons. The Morgan fingerprint density at radius 1 is 1.53 bits per heavy atom. The fourth-order valence-corrected chi connectivity index (χ4v) is 2.81. The van der Waals surface area contributed by atoms with Crippen LogP contribution >= 0.6 is 27.3 Å². The highest BCUT2D eigenvalue weighted by atomic mass is 79.9. The van der Waals surface area contributed by atoms with Crippen molar-refractivity contribution in [3.05, 3.63) is 20.8 Å². The van der Waals surface area contributed by atoms with Crippen molar-refractivity contribution < 1.29 is 9.53 Å². The minimum Gasteiger partial charge on any atom is -0.465 e. The Kier molecular flexibility index (Phi) is 6.77. The summed E-state index contributed by atoms with van der Waals surface area (Å²) in [5, 5.41) is 2.11. The molecule has 0 aliphatic carbocycles. The van der Waals surface area contributed by atoms with Gasteiger partial charge in [-0.1, -0.05) is 6.92 Å². The molecule has 1 rings (SSSR count). The molecule has 1 aromatic heterocycles. The highest BCUT2D eigenvalue weighted by molar-refractivity contribution is 9.11. The first-order valence-corrected chi connectivity index (χ1v) is 7.43. The lowest BCUT2D eigenvalue weighted by atomic mass is 10.3. The topological polar surface area (TPSA) is 29.5 Å². The molecule has 0 spiro atoms. The van der Waals surface area contributed by atoms with E-state index in [0.29, 0.717) is 13.2 Å². The molecule has 0 fully saturated rings. The van der Waals surface area contributed by atoms with Crippen molar-refractivity contribution in [3.63, 3.8) is 0 Å². The molecular formula is C12H18BrNO2S. The van der Waals surface area contributed by atoms with Gasteiger partial charge in [-0.15, -0.1) is 11.3 Å². The van der Waals surface area contributed by atoms with Crippen LogP contribution in [0.25, 0.3) is 0 Å². The van der Waals surface area contributed by atoms with Crippen molar-refractivity contribution in [2.75, 3.05) is 19.7 Å². The van der Waals surface area contributed by atoms with E-state index < -0.39 is 0 Å². The third-order valence-electron chi connectivity index (χ3n) is 2.23. The molecule has 0 atom stereocenters. The van der Waals surface area contributed by atoms with E-state index in [1.165, 1.54) is 5.56 Å². The van der Waals surface area contributed by atoms with Crippen LogP contribution in [0.2, 0.25) is 0 Å². The van der Waals surface area contributed by atoms with Crippen molar-refractivity contribution in [1.29, 1.82) is 0 Å². The molecule has 0 aliphatic rings. The lowest BCUT2D eigenvalue weighted by molar-refractivity contribution is -0.144. The van der Waals surface area contributed by atoms with E-state index in [2.05, 4.69) is 39.2 Å². The second kappa shape index (κ2) is 7.84. The number of hydrogen-bond donors (Lipinski definition) is 0. The van der Waals surface area contributed by atoms with Gasteiger partial charge in [0.1, 0.15) is 0 Å². The van der Waals surface area contributed by atoms with Gasteiger partial charge in [0.05, 0.1) is 16.9 Å². The monoisotopic (exact) mass is 319 g/mol. The standard InChI is InChI=1S/C12H18BrNO2S/c1-3-5-14(8-12(15)16-4-2)7-10-6-11(13)17-9-10/h6,9H,3-5,7-8H2,1-2H3. The van der Waals surface area contributed by atoms with Crippen LogP contribution in [0.15, 0.2) is 15.2 Å². The average molecular weight is 320 g/mol. The van der Waals surface area contributed by atoms with E-state index in [1.54, 1.807) is 11.3 Å². The number of carbonyl (C=O) groups is 1. The average Bonchev–Trinajstić information content (AvgIpc) is 2.64. The van der Waals surface area contributed by atoms with Gasteiger partial charge < -0.3 is 4.74 Å². The van der Waals surface area contributed by atoms with Gasteiger partial charge in [-0.05, 0) is 52.8 Å². The molecule has 1 aromatic rings. The van der Waals surface area contributed by atoms with Gasteiger partial charge in [0.15, 0.2) is 0 Å². The van der Waals surface area contributed by atoms with Gasteiger partial charge in [-0.3, -0.25) is 9.69 Å². The second-order valence-corrected chi connectivity index (χ2v) is 6.07. The summed E-state index contributed by atoms with van der Waals surface area (Å²) in [4.78, 5) is 13.6. The predicted octanol–water partition coefficient (Wildman–Crippen LogP) is 3.29. The minimum absolute atomic E-state index is 0.143. The number of ether oxygens (including phenoxy) is 1. The normalized spacial score (nSPS) is 10.8. The summed E-state index contributed by atoms with van der Waals surface area (Å²) in [6.45, 7) is 6.47. The van der Waals surface area contributed by atoms with E-state index in [1.807, 2.05) is 6.92 Å². The SMILES string of the molecule is CCCN(CC(=O)OCC)Cc1csc(Br)c1. The lowest BCUT2D eigenvalue weighted by Gasteiger charge is -2.19. The van der Waals surface area contributed by atoms with E-state index in [-0.39, 0.29) is 5.97 Å². The summed E-state index contributed by atoms with van der Waals surface area (Å²) in [6.07, 6.45) is 1.03.